The van der Waals surface area contributed by atoms with Gasteiger partial charge in [0.25, 0.3) is 0 Å². The van der Waals surface area contributed by atoms with E-state index in [0.29, 0.717) is 10.9 Å². The van der Waals surface area contributed by atoms with Crippen LogP contribution in [0.5, 0.6) is 5.75 Å². The number of carboxylic acid groups (broad SMARTS) is 1. The summed E-state index contributed by atoms with van der Waals surface area (Å²) in [7, 11) is 0. The van der Waals surface area contributed by atoms with Gasteiger partial charge >= 0.3 is 11.6 Å². The third kappa shape index (κ3) is 3.44. The summed E-state index contributed by atoms with van der Waals surface area (Å²) in [5.74, 6) is -0.847. The normalized spacial score (nSPS) is 11.1. The molecule has 0 saturated carbocycles. The SMILES string of the molecule is CC(C)(C)c1c(N=[N+]=[N-])c(=O)oc2cc(OCC(=O)O)ccc12. The number of carbonyl (C=O) groups is 1. The quantitative estimate of drug-likeness (QED) is 0.400. The van der Waals surface area contributed by atoms with Gasteiger partial charge in [-0.1, -0.05) is 25.9 Å². The number of azide groups is 1. The van der Waals surface area contributed by atoms with Gasteiger partial charge in [0, 0.05) is 16.4 Å². The molecule has 1 heterocycles. The van der Waals surface area contributed by atoms with Crippen LogP contribution in [0.1, 0.15) is 26.3 Å². The second-order valence-electron chi connectivity index (χ2n) is 5.89. The molecular weight excluding hydrogens is 302 g/mol. The monoisotopic (exact) mass is 317 g/mol. The summed E-state index contributed by atoms with van der Waals surface area (Å²) in [6.07, 6.45) is 0. The Bertz CT molecular complexity index is 873. The Morgan fingerprint density at radius 3 is 2.70 bits per heavy atom. The number of carboxylic acids is 1. The molecule has 1 N–H and O–H groups in total. The molecule has 2 aromatic rings. The molecule has 2 rings (SSSR count). The molecule has 1 aromatic heterocycles. The fraction of sp³-hybridized carbons (Fsp3) is 0.333. The van der Waals surface area contributed by atoms with Crippen LogP contribution in [0, 0.1) is 0 Å². The third-order valence-corrected chi connectivity index (χ3v) is 3.11. The van der Waals surface area contributed by atoms with Crippen LogP contribution in [0.2, 0.25) is 0 Å². The van der Waals surface area contributed by atoms with E-state index in [9.17, 15) is 9.59 Å². The molecule has 0 atom stereocenters. The van der Waals surface area contributed by atoms with Crippen molar-refractivity contribution in [3.8, 4) is 5.75 Å². The topological polar surface area (TPSA) is 126 Å². The van der Waals surface area contributed by atoms with Gasteiger partial charge in [-0.05, 0) is 28.6 Å². The number of hydrogen-bond acceptors (Lipinski definition) is 5. The predicted molar refractivity (Wildman–Crippen MR) is 83.1 cm³/mol. The fourth-order valence-corrected chi connectivity index (χ4v) is 2.30. The highest BCUT2D eigenvalue weighted by atomic mass is 16.5. The van der Waals surface area contributed by atoms with Crippen LogP contribution >= 0.6 is 0 Å². The van der Waals surface area contributed by atoms with Crippen molar-refractivity contribution in [2.24, 2.45) is 5.11 Å². The minimum Gasteiger partial charge on any atom is -0.482 e. The maximum absolute atomic E-state index is 12.1. The lowest BCUT2D eigenvalue weighted by molar-refractivity contribution is -0.139. The van der Waals surface area contributed by atoms with Gasteiger partial charge in [0.05, 0.1) is 0 Å². The summed E-state index contributed by atoms with van der Waals surface area (Å²) in [5, 5.41) is 12.7. The molecule has 0 spiro atoms. The minimum absolute atomic E-state index is 0.0771. The molecule has 8 heteroatoms. The Hall–Kier alpha value is -2.99. The summed E-state index contributed by atoms with van der Waals surface area (Å²) < 4.78 is 10.3. The molecule has 0 unspecified atom stereocenters. The number of benzene rings is 1. The molecule has 0 aliphatic heterocycles. The van der Waals surface area contributed by atoms with E-state index in [1.807, 2.05) is 20.8 Å². The van der Waals surface area contributed by atoms with Crippen molar-refractivity contribution in [1.82, 2.24) is 0 Å². The largest absolute Gasteiger partial charge is 0.482 e. The van der Waals surface area contributed by atoms with Crippen molar-refractivity contribution >= 4 is 22.6 Å². The lowest BCUT2D eigenvalue weighted by Gasteiger charge is -2.22. The zero-order valence-corrected chi connectivity index (χ0v) is 12.9. The van der Waals surface area contributed by atoms with Crippen molar-refractivity contribution in [2.75, 3.05) is 6.61 Å². The van der Waals surface area contributed by atoms with E-state index < -0.39 is 23.6 Å². The maximum atomic E-state index is 12.1. The first-order valence-corrected chi connectivity index (χ1v) is 6.75. The van der Waals surface area contributed by atoms with Crippen LogP contribution in [0.4, 0.5) is 5.69 Å². The summed E-state index contributed by atoms with van der Waals surface area (Å²) in [4.78, 5) is 25.3. The standard InChI is InChI=1S/C15H15N3O5/c1-15(2,3)12-9-5-4-8(22-7-11(19)20)6-10(9)23-14(21)13(12)17-18-16/h4-6H,7H2,1-3H3,(H,19,20). The van der Waals surface area contributed by atoms with Crippen LogP contribution in [-0.4, -0.2) is 17.7 Å². The second-order valence-corrected chi connectivity index (χ2v) is 5.89. The van der Waals surface area contributed by atoms with Crippen molar-refractivity contribution in [3.05, 3.63) is 44.6 Å². The molecule has 0 aliphatic carbocycles. The van der Waals surface area contributed by atoms with Crippen molar-refractivity contribution in [1.29, 1.82) is 0 Å². The van der Waals surface area contributed by atoms with Crippen LogP contribution in [0.3, 0.4) is 0 Å². The third-order valence-electron chi connectivity index (χ3n) is 3.11. The highest BCUT2D eigenvalue weighted by Gasteiger charge is 2.24. The van der Waals surface area contributed by atoms with Crippen molar-refractivity contribution in [3.63, 3.8) is 0 Å². The summed E-state index contributed by atoms with van der Waals surface area (Å²) in [6, 6.07) is 4.65. The number of nitrogens with zero attached hydrogens (tertiary/aromatic N) is 3. The molecule has 23 heavy (non-hydrogen) atoms. The smallest absolute Gasteiger partial charge is 0.346 e. The van der Waals surface area contributed by atoms with Gasteiger partial charge in [0.15, 0.2) is 6.61 Å². The van der Waals surface area contributed by atoms with Gasteiger partial charge in [-0.2, -0.15) is 0 Å². The average Bonchev–Trinajstić information content (AvgIpc) is 2.44. The molecule has 0 radical (unpaired) electrons. The van der Waals surface area contributed by atoms with Gasteiger partial charge in [-0.25, -0.2) is 9.59 Å². The Morgan fingerprint density at radius 1 is 1.43 bits per heavy atom. The van der Waals surface area contributed by atoms with E-state index in [0.717, 1.165) is 0 Å². The first-order chi connectivity index (χ1) is 10.7. The van der Waals surface area contributed by atoms with Crippen molar-refractivity contribution < 1.29 is 19.1 Å². The van der Waals surface area contributed by atoms with E-state index in [4.69, 9.17) is 19.8 Å². The van der Waals surface area contributed by atoms with E-state index in [1.54, 1.807) is 12.1 Å². The van der Waals surface area contributed by atoms with Crippen LogP contribution < -0.4 is 10.4 Å². The molecule has 120 valence electrons. The number of fused-ring (bicyclic) bond motifs is 1. The zero-order valence-electron chi connectivity index (χ0n) is 12.9. The van der Waals surface area contributed by atoms with E-state index in [1.165, 1.54) is 6.07 Å². The van der Waals surface area contributed by atoms with Gasteiger partial charge in [0.2, 0.25) is 0 Å². The maximum Gasteiger partial charge on any atom is 0.346 e. The van der Waals surface area contributed by atoms with Crippen molar-refractivity contribution in [2.45, 2.75) is 26.2 Å². The summed E-state index contributed by atoms with van der Waals surface area (Å²) >= 11 is 0. The van der Waals surface area contributed by atoms with Crippen LogP contribution in [0.25, 0.3) is 21.4 Å². The molecule has 0 saturated heterocycles. The van der Waals surface area contributed by atoms with Crippen LogP contribution in [-0.2, 0) is 10.2 Å². The summed E-state index contributed by atoms with van der Waals surface area (Å²) in [6.45, 7) is 5.14. The molecular formula is C15H15N3O5. The minimum atomic E-state index is -1.11. The average molecular weight is 317 g/mol. The Kier molecular flexibility index (Phi) is 4.29. The van der Waals surface area contributed by atoms with Gasteiger partial charge in [-0.15, -0.1) is 0 Å². The lowest BCUT2D eigenvalue weighted by Crippen LogP contribution is -2.16. The molecule has 0 amide bonds. The zero-order chi connectivity index (χ0) is 17.2. The first kappa shape index (κ1) is 16.4. The molecule has 0 aliphatic rings. The Labute approximate surface area is 130 Å². The molecule has 8 nitrogen and oxygen atoms in total. The van der Waals surface area contributed by atoms with E-state index in [-0.39, 0.29) is 17.0 Å². The first-order valence-electron chi connectivity index (χ1n) is 6.75. The summed E-state index contributed by atoms with van der Waals surface area (Å²) in [5.41, 5.74) is 8.17. The number of hydrogen-bond donors (Lipinski definition) is 1. The predicted octanol–water partition coefficient (Wildman–Crippen LogP) is 3.50. The van der Waals surface area contributed by atoms with E-state index >= 15 is 0 Å². The Morgan fingerprint density at radius 2 is 2.13 bits per heavy atom. The highest BCUT2D eigenvalue weighted by Crippen LogP contribution is 2.36. The van der Waals surface area contributed by atoms with Crippen LogP contribution in [0.15, 0.2) is 32.5 Å². The van der Waals surface area contributed by atoms with Gasteiger partial charge in [0.1, 0.15) is 17.0 Å². The van der Waals surface area contributed by atoms with Gasteiger partial charge in [-0.3, -0.25) is 0 Å². The number of ether oxygens (including phenoxy) is 1. The molecule has 0 bridgehead atoms. The van der Waals surface area contributed by atoms with Gasteiger partial charge < -0.3 is 14.3 Å². The second kappa shape index (κ2) is 6.02. The molecule has 0 fully saturated rings. The Balaban J connectivity index is 2.72. The lowest BCUT2D eigenvalue weighted by atomic mass is 9.84. The highest BCUT2D eigenvalue weighted by molar-refractivity contribution is 5.86. The van der Waals surface area contributed by atoms with E-state index in [2.05, 4.69) is 10.0 Å². The molecule has 1 aromatic carbocycles. The number of aliphatic carboxylic acids is 1. The fourth-order valence-electron chi connectivity index (χ4n) is 2.30. The number of rotatable bonds is 4.